The van der Waals surface area contributed by atoms with Gasteiger partial charge in [-0.05, 0) is 34.7 Å². The summed E-state index contributed by atoms with van der Waals surface area (Å²) in [6, 6.07) is 16.1. The van der Waals surface area contributed by atoms with Crippen molar-refractivity contribution in [3.05, 3.63) is 66.0 Å². The molecule has 1 heterocycles. The van der Waals surface area contributed by atoms with Gasteiger partial charge in [-0.3, -0.25) is 0 Å². The molecule has 23 heavy (non-hydrogen) atoms. The van der Waals surface area contributed by atoms with Crippen LogP contribution in [0.4, 0.5) is 0 Å². The van der Waals surface area contributed by atoms with E-state index in [0.717, 1.165) is 16.8 Å². The third-order valence-corrected chi connectivity index (χ3v) is 3.70. The van der Waals surface area contributed by atoms with Gasteiger partial charge in [0.05, 0.1) is 11.9 Å². The molecule has 0 aliphatic rings. The topological polar surface area (TPSA) is 68.0 Å². The van der Waals surface area contributed by atoms with Crippen molar-refractivity contribution in [1.82, 2.24) is 15.0 Å². The second-order valence-corrected chi connectivity index (χ2v) is 5.65. The van der Waals surface area contributed by atoms with Crippen LogP contribution in [0.3, 0.4) is 0 Å². The van der Waals surface area contributed by atoms with Crippen LogP contribution in [0.25, 0.3) is 16.8 Å². The molecule has 2 aromatic carbocycles. The Balaban J connectivity index is 1.94. The van der Waals surface area contributed by atoms with Crippen molar-refractivity contribution in [2.45, 2.75) is 19.8 Å². The molecule has 1 N–H and O–H groups in total. The average molecular weight is 307 g/mol. The number of hydrogen-bond acceptors (Lipinski definition) is 3. The molecule has 0 atom stereocenters. The van der Waals surface area contributed by atoms with E-state index in [9.17, 15) is 4.79 Å². The molecule has 0 saturated carbocycles. The minimum Gasteiger partial charge on any atom is -0.476 e. The monoisotopic (exact) mass is 307 g/mol. The van der Waals surface area contributed by atoms with Crippen LogP contribution in [-0.2, 0) is 0 Å². The Morgan fingerprint density at radius 1 is 1.09 bits per heavy atom. The molecule has 5 nitrogen and oxygen atoms in total. The Kier molecular flexibility index (Phi) is 3.93. The predicted octanol–water partition coefficient (Wildman–Crippen LogP) is 3.76. The fourth-order valence-electron chi connectivity index (χ4n) is 2.36. The van der Waals surface area contributed by atoms with Crippen LogP contribution in [0.2, 0.25) is 0 Å². The fraction of sp³-hybridized carbons (Fsp3) is 0.167. The predicted molar refractivity (Wildman–Crippen MR) is 87.8 cm³/mol. The molecular formula is C18H17N3O2. The van der Waals surface area contributed by atoms with Crippen LogP contribution in [-0.4, -0.2) is 26.1 Å². The summed E-state index contributed by atoms with van der Waals surface area (Å²) >= 11 is 0. The molecule has 1 aromatic heterocycles. The second-order valence-electron chi connectivity index (χ2n) is 5.65. The van der Waals surface area contributed by atoms with Gasteiger partial charge in [-0.15, -0.1) is 5.10 Å². The Hall–Kier alpha value is -2.95. The highest BCUT2D eigenvalue weighted by Crippen LogP contribution is 2.24. The van der Waals surface area contributed by atoms with Crippen LogP contribution >= 0.6 is 0 Å². The van der Waals surface area contributed by atoms with Gasteiger partial charge in [0.2, 0.25) is 0 Å². The van der Waals surface area contributed by atoms with Gasteiger partial charge in [0, 0.05) is 0 Å². The number of carbonyl (C=O) groups is 1. The van der Waals surface area contributed by atoms with Crippen LogP contribution in [0.5, 0.6) is 0 Å². The lowest BCUT2D eigenvalue weighted by Gasteiger charge is -2.08. The summed E-state index contributed by atoms with van der Waals surface area (Å²) in [7, 11) is 0. The SMILES string of the molecule is CC(C)c1ccc(-c2cccc(-n3ncc(C(=O)O)n3)c2)cc1. The third-order valence-electron chi connectivity index (χ3n) is 3.70. The van der Waals surface area contributed by atoms with E-state index < -0.39 is 5.97 Å². The van der Waals surface area contributed by atoms with Crippen LogP contribution in [0.15, 0.2) is 54.7 Å². The van der Waals surface area contributed by atoms with Crippen LogP contribution < -0.4 is 0 Å². The Morgan fingerprint density at radius 3 is 2.43 bits per heavy atom. The zero-order chi connectivity index (χ0) is 16.4. The molecule has 0 fully saturated rings. The van der Waals surface area contributed by atoms with E-state index in [4.69, 9.17) is 5.11 Å². The molecule has 0 radical (unpaired) electrons. The molecule has 0 aliphatic heterocycles. The molecule has 0 spiro atoms. The molecular weight excluding hydrogens is 290 g/mol. The van der Waals surface area contributed by atoms with E-state index in [1.165, 1.54) is 16.6 Å². The lowest BCUT2D eigenvalue weighted by atomic mass is 9.99. The number of benzene rings is 2. The van der Waals surface area contributed by atoms with Crippen LogP contribution in [0.1, 0.15) is 35.8 Å². The maximum absolute atomic E-state index is 10.9. The molecule has 5 heteroatoms. The van der Waals surface area contributed by atoms with Crippen molar-refractivity contribution in [1.29, 1.82) is 0 Å². The molecule has 116 valence electrons. The van der Waals surface area contributed by atoms with Crippen molar-refractivity contribution in [3.63, 3.8) is 0 Å². The Morgan fingerprint density at radius 2 is 1.83 bits per heavy atom. The number of aromatic carboxylic acids is 1. The summed E-state index contributed by atoms with van der Waals surface area (Å²) in [5.74, 6) is -0.588. The second kappa shape index (κ2) is 6.04. The van der Waals surface area contributed by atoms with Gasteiger partial charge in [-0.1, -0.05) is 50.2 Å². The molecule has 3 aromatic rings. The van der Waals surface area contributed by atoms with Gasteiger partial charge in [-0.2, -0.15) is 9.90 Å². The standard InChI is InChI=1S/C18H17N3O2/c1-12(2)13-6-8-14(9-7-13)15-4-3-5-16(10-15)21-19-11-17(20-21)18(22)23/h3-12H,1-2H3,(H,22,23). The first kappa shape index (κ1) is 15.0. The summed E-state index contributed by atoms with van der Waals surface area (Å²) in [4.78, 5) is 12.2. The summed E-state index contributed by atoms with van der Waals surface area (Å²) in [5.41, 5.74) is 4.08. The zero-order valence-electron chi connectivity index (χ0n) is 13.0. The summed E-state index contributed by atoms with van der Waals surface area (Å²) in [6.07, 6.45) is 1.24. The largest absolute Gasteiger partial charge is 0.476 e. The minimum atomic E-state index is -1.09. The quantitative estimate of drug-likeness (QED) is 0.797. The molecule has 0 aliphatic carbocycles. The van der Waals surface area contributed by atoms with E-state index in [1.807, 2.05) is 24.3 Å². The third kappa shape index (κ3) is 3.13. The number of nitrogens with zero attached hydrogens (tertiary/aromatic N) is 3. The Bertz CT molecular complexity index is 835. The van der Waals surface area contributed by atoms with Gasteiger partial charge < -0.3 is 5.11 Å². The highest BCUT2D eigenvalue weighted by molar-refractivity contribution is 5.84. The summed E-state index contributed by atoms with van der Waals surface area (Å²) in [5, 5.41) is 16.9. The van der Waals surface area contributed by atoms with Gasteiger partial charge in [0.25, 0.3) is 0 Å². The Labute approximate surface area is 134 Å². The highest BCUT2D eigenvalue weighted by atomic mass is 16.4. The lowest BCUT2D eigenvalue weighted by molar-refractivity contribution is 0.0690. The van der Waals surface area contributed by atoms with E-state index >= 15 is 0 Å². The number of carboxylic acids is 1. The first-order chi connectivity index (χ1) is 11.0. The first-order valence-corrected chi connectivity index (χ1v) is 7.41. The maximum Gasteiger partial charge on any atom is 0.358 e. The van der Waals surface area contributed by atoms with Gasteiger partial charge in [0.15, 0.2) is 5.69 Å². The normalized spacial score (nSPS) is 10.9. The van der Waals surface area contributed by atoms with Crippen LogP contribution in [0, 0.1) is 0 Å². The smallest absolute Gasteiger partial charge is 0.358 e. The van der Waals surface area contributed by atoms with Crippen molar-refractivity contribution in [2.75, 3.05) is 0 Å². The fourth-order valence-corrected chi connectivity index (χ4v) is 2.36. The number of hydrogen-bond donors (Lipinski definition) is 1. The summed E-state index contributed by atoms with van der Waals surface area (Å²) < 4.78 is 0. The molecule has 0 bridgehead atoms. The lowest BCUT2D eigenvalue weighted by Crippen LogP contribution is -2.02. The molecule has 3 rings (SSSR count). The highest BCUT2D eigenvalue weighted by Gasteiger charge is 2.10. The number of carboxylic acid groups (broad SMARTS) is 1. The maximum atomic E-state index is 10.9. The molecule has 0 saturated heterocycles. The van der Waals surface area contributed by atoms with Crippen molar-refractivity contribution < 1.29 is 9.90 Å². The van der Waals surface area contributed by atoms with Gasteiger partial charge in [0.1, 0.15) is 0 Å². The zero-order valence-corrected chi connectivity index (χ0v) is 13.0. The molecule has 0 unspecified atom stereocenters. The van der Waals surface area contributed by atoms with Crippen molar-refractivity contribution in [2.24, 2.45) is 0 Å². The first-order valence-electron chi connectivity index (χ1n) is 7.41. The average Bonchev–Trinajstić information content (AvgIpc) is 3.05. The number of aromatic nitrogens is 3. The van der Waals surface area contributed by atoms with E-state index in [-0.39, 0.29) is 5.69 Å². The van der Waals surface area contributed by atoms with Gasteiger partial charge >= 0.3 is 5.97 Å². The van der Waals surface area contributed by atoms with E-state index in [2.05, 4.69) is 48.3 Å². The van der Waals surface area contributed by atoms with Crippen molar-refractivity contribution in [3.8, 4) is 16.8 Å². The number of rotatable bonds is 4. The van der Waals surface area contributed by atoms with E-state index in [0.29, 0.717) is 5.92 Å². The van der Waals surface area contributed by atoms with Crippen molar-refractivity contribution >= 4 is 5.97 Å². The van der Waals surface area contributed by atoms with Gasteiger partial charge in [-0.25, -0.2) is 4.79 Å². The summed E-state index contributed by atoms with van der Waals surface area (Å²) in [6.45, 7) is 4.33. The van der Waals surface area contributed by atoms with E-state index in [1.54, 1.807) is 0 Å². The minimum absolute atomic E-state index is 0.0725. The molecule has 0 amide bonds.